The van der Waals surface area contributed by atoms with Crippen LogP contribution >= 0.6 is 23.4 Å². The normalized spacial score (nSPS) is 15.0. The maximum atomic E-state index is 11.5. The Balaban J connectivity index is 0.000000892. The highest BCUT2D eigenvalue weighted by molar-refractivity contribution is 7.99. The molecule has 0 spiro atoms. The number of carboxylic acids is 1. The first kappa shape index (κ1) is 35.7. The number of pyridine rings is 1. The number of nitrogens with zero attached hydrogens (tertiary/aromatic N) is 1. The highest BCUT2D eigenvalue weighted by atomic mass is 35.5. The van der Waals surface area contributed by atoms with Gasteiger partial charge >= 0.3 is 5.97 Å². The molecule has 4 N–H and O–H groups in total. The van der Waals surface area contributed by atoms with Gasteiger partial charge in [-0.25, -0.2) is 4.98 Å². The van der Waals surface area contributed by atoms with E-state index in [0.717, 1.165) is 64.7 Å². The second-order valence-corrected chi connectivity index (χ2v) is 15.7. The van der Waals surface area contributed by atoms with E-state index in [1.165, 1.54) is 5.56 Å². The van der Waals surface area contributed by atoms with E-state index in [0.29, 0.717) is 5.02 Å². The van der Waals surface area contributed by atoms with Crippen LogP contribution in [0.2, 0.25) is 5.02 Å². The van der Waals surface area contributed by atoms with Gasteiger partial charge in [-0.1, -0.05) is 78.3 Å². The second-order valence-electron chi connectivity index (χ2n) is 14.1. The molecule has 7 heteroatoms. The minimum absolute atomic E-state index is 0. The van der Waals surface area contributed by atoms with E-state index in [9.17, 15) is 15.0 Å². The van der Waals surface area contributed by atoms with Gasteiger partial charge in [-0.15, -0.1) is 0 Å². The van der Waals surface area contributed by atoms with Crippen molar-refractivity contribution in [2.75, 3.05) is 5.75 Å². The lowest BCUT2D eigenvalue weighted by Crippen LogP contribution is -2.26. The average molecular weight is 659 g/mol. The molecule has 1 fully saturated rings. The fourth-order valence-electron chi connectivity index (χ4n) is 5.36. The number of nitrogens with two attached hydrogens (primary N) is 1. The van der Waals surface area contributed by atoms with Gasteiger partial charge in [0.1, 0.15) is 0 Å². The van der Waals surface area contributed by atoms with Crippen LogP contribution in [0.25, 0.3) is 23.1 Å². The van der Waals surface area contributed by atoms with Gasteiger partial charge in [0.15, 0.2) is 0 Å². The lowest BCUT2D eigenvalue weighted by Gasteiger charge is -2.24. The van der Waals surface area contributed by atoms with Crippen molar-refractivity contribution in [2.24, 2.45) is 11.1 Å². The van der Waals surface area contributed by atoms with Crippen LogP contribution in [0.15, 0.2) is 78.9 Å². The summed E-state index contributed by atoms with van der Waals surface area (Å²) in [6, 6.07) is 26.5. The highest BCUT2D eigenvalue weighted by Gasteiger charge is 2.44. The van der Waals surface area contributed by atoms with Crippen LogP contribution in [0.4, 0.5) is 0 Å². The van der Waals surface area contributed by atoms with Crippen LogP contribution in [0.5, 0.6) is 0 Å². The molecule has 1 aromatic heterocycles. The Labute approximate surface area is 283 Å². The number of aryl methyl sites for hydroxylation is 1. The van der Waals surface area contributed by atoms with E-state index < -0.39 is 11.6 Å². The van der Waals surface area contributed by atoms with Crippen molar-refractivity contribution in [3.63, 3.8) is 0 Å². The summed E-state index contributed by atoms with van der Waals surface area (Å²) in [4.78, 5) is 16.2. The summed E-state index contributed by atoms with van der Waals surface area (Å²) in [6.07, 6.45) is 8.02. The largest absolute Gasteiger partial charge is 0.481 e. The van der Waals surface area contributed by atoms with Gasteiger partial charge < -0.3 is 15.9 Å². The van der Waals surface area contributed by atoms with E-state index in [1.54, 1.807) is 0 Å². The summed E-state index contributed by atoms with van der Waals surface area (Å²) in [5, 5.41) is 22.1. The summed E-state index contributed by atoms with van der Waals surface area (Å²) in [6.45, 7) is 9.55. The molecule has 0 saturated heterocycles. The molecular formula is C39H47ClN2O3S. The maximum Gasteiger partial charge on any atom is 0.303 e. The number of rotatable bonds is 12. The van der Waals surface area contributed by atoms with E-state index in [2.05, 4.69) is 42.5 Å². The first-order valence-electron chi connectivity index (χ1n) is 15.9. The van der Waals surface area contributed by atoms with Gasteiger partial charge in [0.05, 0.1) is 23.2 Å². The van der Waals surface area contributed by atoms with Crippen LogP contribution < -0.4 is 5.73 Å². The van der Waals surface area contributed by atoms with Crippen LogP contribution in [0.1, 0.15) is 93.5 Å². The molecule has 1 aliphatic carbocycles. The van der Waals surface area contributed by atoms with Crippen LogP contribution in [-0.4, -0.2) is 32.5 Å². The quantitative estimate of drug-likeness (QED) is 0.140. The third-order valence-corrected chi connectivity index (χ3v) is 9.76. The molecular weight excluding hydrogens is 612 g/mol. The highest BCUT2D eigenvalue weighted by Crippen LogP contribution is 2.53. The first-order chi connectivity index (χ1) is 21.6. The fourth-order valence-corrected chi connectivity index (χ4v) is 7.09. The molecule has 3 aromatic carbocycles. The summed E-state index contributed by atoms with van der Waals surface area (Å²) in [5.74, 6) is 0.122. The van der Waals surface area contributed by atoms with Crippen molar-refractivity contribution in [3.8, 4) is 0 Å². The summed E-state index contributed by atoms with van der Waals surface area (Å²) >= 11 is 8.04. The number of benzene rings is 3. The van der Waals surface area contributed by atoms with Crippen LogP contribution in [0.3, 0.4) is 0 Å². The van der Waals surface area contributed by atoms with Crippen molar-refractivity contribution in [1.29, 1.82) is 0 Å². The fraction of sp³-hybridized carbons (Fsp3) is 0.385. The van der Waals surface area contributed by atoms with Crippen molar-refractivity contribution >= 4 is 52.4 Å². The van der Waals surface area contributed by atoms with Gasteiger partial charge in [-0.2, -0.15) is 11.8 Å². The number of carbonyl (C=O) groups is 1. The Morgan fingerprint density at radius 2 is 1.70 bits per heavy atom. The lowest BCUT2D eigenvalue weighted by molar-refractivity contribution is -0.138. The van der Waals surface area contributed by atoms with Crippen molar-refractivity contribution in [2.45, 2.75) is 83.1 Å². The third kappa shape index (κ3) is 11.3. The molecule has 244 valence electrons. The summed E-state index contributed by atoms with van der Waals surface area (Å²) in [7, 11) is 0. The number of carboxylic acid groups (broad SMARTS) is 1. The monoisotopic (exact) mass is 658 g/mol. The molecule has 1 saturated carbocycles. The number of aliphatic carboxylic acids is 1. The number of aromatic nitrogens is 1. The van der Waals surface area contributed by atoms with Gasteiger partial charge in [-0.3, -0.25) is 4.79 Å². The molecule has 4 aromatic rings. The molecule has 0 bridgehead atoms. The minimum Gasteiger partial charge on any atom is -0.481 e. The molecule has 46 heavy (non-hydrogen) atoms. The number of thioether (sulfide) groups is 1. The van der Waals surface area contributed by atoms with Crippen molar-refractivity contribution in [1.82, 2.24) is 4.98 Å². The van der Waals surface area contributed by atoms with Crippen LogP contribution in [-0.2, 0) is 16.8 Å². The summed E-state index contributed by atoms with van der Waals surface area (Å²) < 4.78 is 0. The molecule has 5 rings (SSSR count). The van der Waals surface area contributed by atoms with E-state index in [1.807, 2.05) is 94.9 Å². The number of aliphatic hydroxyl groups is 1. The number of hydrogen-bond acceptors (Lipinski definition) is 5. The second kappa shape index (κ2) is 15.2. The molecule has 0 aliphatic heterocycles. The molecule has 0 radical (unpaired) electrons. The SMILES string of the molecule is CC(C)(C)N.CC(C)(O)c1ccccc1CCC(SCC1(CC(=O)O)CC1)c1cccc(C=Cc2ccc3ccc(Cl)cc3n2)c1. The molecule has 5 nitrogen and oxygen atoms in total. The Morgan fingerprint density at radius 3 is 2.37 bits per heavy atom. The van der Waals surface area contributed by atoms with Crippen molar-refractivity contribution in [3.05, 3.63) is 112 Å². The number of halogens is 1. The smallest absolute Gasteiger partial charge is 0.303 e. The molecule has 1 unspecified atom stereocenters. The van der Waals surface area contributed by atoms with E-state index >= 15 is 0 Å². The Morgan fingerprint density at radius 1 is 1.00 bits per heavy atom. The predicted octanol–water partition coefficient (Wildman–Crippen LogP) is 9.69. The zero-order valence-corrected chi connectivity index (χ0v) is 29.2. The van der Waals surface area contributed by atoms with E-state index in [4.69, 9.17) is 22.3 Å². The molecule has 1 heterocycles. The minimum atomic E-state index is -0.911. The van der Waals surface area contributed by atoms with Crippen LogP contribution in [0, 0.1) is 5.41 Å². The topological polar surface area (TPSA) is 96.4 Å². The Hall–Kier alpha value is -3.16. The van der Waals surface area contributed by atoms with Gasteiger partial charge in [-0.05, 0) is 112 Å². The standard InChI is InChI=1S/C35H36ClNO3S.C4H11N/c1-34(2,40)30-9-4-3-7-25(30)13-17-32(41-23-35(18-19-35)22-33(38)39)27-8-5-6-24(20-27)10-15-29-16-12-26-11-14-28(36)21-31(26)37-29;1-4(2,3)5/h3-12,14-16,20-21,32,40H,13,17-19,22-23H2,1-2H3,(H,38,39);5H2,1-3H3. The first-order valence-corrected chi connectivity index (χ1v) is 17.3. The Kier molecular flexibility index (Phi) is 11.8. The van der Waals surface area contributed by atoms with E-state index in [-0.39, 0.29) is 22.6 Å². The Bertz CT molecular complexity index is 1660. The number of fused-ring (bicyclic) bond motifs is 1. The lowest BCUT2D eigenvalue weighted by atomic mass is 9.90. The molecule has 0 amide bonds. The van der Waals surface area contributed by atoms with Gasteiger partial charge in [0.25, 0.3) is 0 Å². The zero-order valence-electron chi connectivity index (χ0n) is 27.6. The molecule has 1 atom stereocenters. The zero-order chi connectivity index (χ0) is 33.5. The van der Waals surface area contributed by atoms with Gasteiger partial charge in [0.2, 0.25) is 0 Å². The molecule has 1 aliphatic rings. The summed E-state index contributed by atoms with van der Waals surface area (Å²) in [5.41, 5.74) is 10.5. The predicted molar refractivity (Wildman–Crippen MR) is 195 cm³/mol. The third-order valence-electron chi connectivity index (χ3n) is 7.83. The average Bonchev–Trinajstić information content (AvgIpc) is 3.73. The maximum absolute atomic E-state index is 11.5. The number of hydrogen-bond donors (Lipinski definition) is 3. The van der Waals surface area contributed by atoms with Crippen molar-refractivity contribution < 1.29 is 15.0 Å². The van der Waals surface area contributed by atoms with Gasteiger partial charge in [0, 0.05) is 27.0 Å².